The number of carboxylic acid groups (broad SMARTS) is 1. The van der Waals surface area contributed by atoms with E-state index >= 15 is 0 Å². The Bertz CT molecular complexity index is 509. The highest BCUT2D eigenvalue weighted by atomic mass is 16.4. The molecule has 0 saturated carbocycles. The normalized spacial score (nSPS) is 9.00. The van der Waals surface area contributed by atoms with Crippen molar-refractivity contribution >= 4 is 5.97 Å². The fourth-order valence-corrected chi connectivity index (χ4v) is 1.75. The molecule has 0 aromatic heterocycles. The van der Waals surface area contributed by atoms with Crippen molar-refractivity contribution in [3.8, 4) is 23.7 Å². The molecule has 104 valence electrons. The third-order valence-corrected chi connectivity index (χ3v) is 2.82. The molecule has 0 aliphatic heterocycles. The largest absolute Gasteiger partial charge is 0.481 e. The van der Waals surface area contributed by atoms with Crippen LogP contribution in [-0.2, 0) is 4.79 Å². The Morgan fingerprint density at radius 3 is 2.40 bits per heavy atom. The Morgan fingerprint density at radius 2 is 1.65 bits per heavy atom. The van der Waals surface area contributed by atoms with E-state index in [2.05, 4.69) is 23.7 Å². The molecule has 0 amide bonds. The minimum absolute atomic E-state index is 0.287. The van der Waals surface area contributed by atoms with Crippen LogP contribution in [0.1, 0.15) is 50.5 Å². The molecule has 1 aromatic carbocycles. The highest BCUT2D eigenvalue weighted by molar-refractivity contribution is 5.66. The molecule has 0 aliphatic rings. The van der Waals surface area contributed by atoms with Crippen molar-refractivity contribution in [2.75, 3.05) is 0 Å². The van der Waals surface area contributed by atoms with E-state index in [1.165, 1.54) is 0 Å². The van der Waals surface area contributed by atoms with Gasteiger partial charge in [0.2, 0.25) is 0 Å². The van der Waals surface area contributed by atoms with Crippen LogP contribution < -0.4 is 0 Å². The van der Waals surface area contributed by atoms with Crippen molar-refractivity contribution in [3.63, 3.8) is 0 Å². The van der Waals surface area contributed by atoms with E-state index in [4.69, 9.17) is 5.11 Å². The first-order valence-electron chi connectivity index (χ1n) is 7.05. The van der Waals surface area contributed by atoms with Gasteiger partial charge < -0.3 is 5.11 Å². The van der Waals surface area contributed by atoms with Crippen molar-refractivity contribution in [2.24, 2.45) is 0 Å². The zero-order chi connectivity index (χ0) is 14.5. The van der Waals surface area contributed by atoms with E-state index < -0.39 is 5.97 Å². The summed E-state index contributed by atoms with van der Waals surface area (Å²) in [5, 5.41) is 8.49. The summed E-state index contributed by atoms with van der Waals surface area (Å²) in [6.45, 7) is 0. The number of carboxylic acids is 1. The second-order valence-corrected chi connectivity index (χ2v) is 4.58. The van der Waals surface area contributed by atoms with Gasteiger partial charge in [-0.3, -0.25) is 4.79 Å². The average Bonchev–Trinajstić information content (AvgIpc) is 2.45. The van der Waals surface area contributed by atoms with E-state index in [1.54, 1.807) is 0 Å². The lowest BCUT2D eigenvalue weighted by Gasteiger charge is -1.97. The van der Waals surface area contributed by atoms with Crippen LogP contribution in [0.15, 0.2) is 30.3 Å². The van der Waals surface area contributed by atoms with Gasteiger partial charge in [0.25, 0.3) is 0 Å². The fourth-order valence-electron chi connectivity index (χ4n) is 1.75. The molecule has 20 heavy (non-hydrogen) atoms. The molecule has 1 aromatic rings. The molecule has 0 fully saturated rings. The van der Waals surface area contributed by atoms with Crippen molar-refractivity contribution in [3.05, 3.63) is 35.9 Å². The number of carbonyl (C=O) groups is 1. The van der Waals surface area contributed by atoms with Gasteiger partial charge in [-0.2, -0.15) is 0 Å². The molecule has 0 spiro atoms. The standard InChI is InChI=1S/C18H20O2/c19-18(20)16-12-7-5-3-1-2-4-6-9-13-17-14-10-8-11-15-17/h8,10-11,14-15H,1-3,5,7,12,16H2,(H,19,20). The van der Waals surface area contributed by atoms with E-state index in [9.17, 15) is 4.79 Å². The first-order chi connectivity index (χ1) is 9.79. The zero-order valence-electron chi connectivity index (χ0n) is 11.7. The van der Waals surface area contributed by atoms with Crippen molar-refractivity contribution in [1.82, 2.24) is 0 Å². The first-order valence-corrected chi connectivity index (χ1v) is 7.05. The average molecular weight is 268 g/mol. The molecule has 1 N–H and O–H groups in total. The first kappa shape index (κ1) is 15.9. The lowest BCUT2D eigenvalue weighted by molar-refractivity contribution is -0.137. The molecule has 0 bridgehead atoms. The predicted molar refractivity (Wildman–Crippen MR) is 81.1 cm³/mol. The van der Waals surface area contributed by atoms with Gasteiger partial charge in [0, 0.05) is 18.4 Å². The Balaban J connectivity index is 2.04. The van der Waals surface area contributed by atoms with Gasteiger partial charge in [-0.15, -0.1) is 0 Å². The monoisotopic (exact) mass is 268 g/mol. The Morgan fingerprint density at radius 1 is 0.950 bits per heavy atom. The minimum Gasteiger partial charge on any atom is -0.481 e. The number of unbranched alkanes of at least 4 members (excludes halogenated alkanes) is 5. The van der Waals surface area contributed by atoms with E-state index in [1.807, 2.05) is 30.3 Å². The second kappa shape index (κ2) is 10.7. The summed E-state index contributed by atoms with van der Waals surface area (Å²) in [7, 11) is 0. The topological polar surface area (TPSA) is 37.3 Å². The Kier molecular flexibility index (Phi) is 8.49. The fraction of sp³-hybridized carbons (Fsp3) is 0.389. The van der Waals surface area contributed by atoms with Gasteiger partial charge in [-0.05, 0) is 36.8 Å². The minimum atomic E-state index is -0.701. The molecular formula is C18H20O2. The maximum Gasteiger partial charge on any atom is 0.303 e. The molecule has 0 radical (unpaired) electrons. The number of benzene rings is 1. The molecule has 0 unspecified atom stereocenters. The Hall–Kier alpha value is -2.19. The summed E-state index contributed by atoms with van der Waals surface area (Å²) in [6.07, 6.45) is 6.19. The number of aliphatic carboxylic acids is 1. The molecule has 0 heterocycles. The summed E-state index contributed by atoms with van der Waals surface area (Å²) < 4.78 is 0. The summed E-state index contributed by atoms with van der Waals surface area (Å²) in [5.41, 5.74) is 0.986. The van der Waals surface area contributed by atoms with Gasteiger partial charge in [-0.25, -0.2) is 0 Å². The van der Waals surface area contributed by atoms with Crippen LogP contribution in [0.4, 0.5) is 0 Å². The lowest BCUT2D eigenvalue weighted by atomic mass is 10.1. The molecule has 1 rings (SSSR count). The molecule has 0 saturated heterocycles. The molecule has 0 aliphatic carbocycles. The SMILES string of the molecule is O=C(O)CCCCCCCC#CC#Cc1ccccc1. The molecule has 0 atom stereocenters. The van der Waals surface area contributed by atoms with E-state index in [-0.39, 0.29) is 6.42 Å². The highest BCUT2D eigenvalue weighted by Gasteiger charge is 1.95. The third-order valence-electron chi connectivity index (χ3n) is 2.82. The van der Waals surface area contributed by atoms with Crippen LogP contribution in [0.5, 0.6) is 0 Å². The van der Waals surface area contributed by atoms with Crippen LogP contribution >= 0.6 is 0 Å². The van der Waals surface area contributed by atoms with Crippen molar-refractivity contribution in [1.29, 1.82) is 0 Å². The second-order valence-electron chi connectivity index (χ2n) is 4.58. The smallest absolute Gasteiger partial charge is 0.303 e. The summed E-state index contributed by atoms with van der Waals surface area (Å²) in [5.74, 6) is 11.1. The Labute approximate surface area is 121 Å². The summed E-state index contributed by atoms with van der Waals surface area (Å²) in [4.78, 5) is 10.3. The van der Waals surface area contributed by atoms with Gasteiger partial charge in [0.15, 0.2) is 0 Å². The van der Waals surface area contributed by atoms with Crippen LogP contribution in [-0.4, -0.2) is 11.1 Å². The van der Waals surface area contributed by atoms with Crippen LogP contribution in [0, 0.1) is 23.7 Å². The van der Waals surface area contributed by atoms with Gasteiger partial charge in [0.1, 0.15) is 0 Å². The van der Waals surface area contributed by atoms with Crippen LogP contribution in [0.2, 0.25) is 0 Å². The number of hydrogen-bond donors (Lipinski definition) is 1. The van der Waals surface area contributed by atoms with Crippen LogP contribution in [0.3, 0.4) is 0 Å². The predicted octanol–water partition coefficient (Wildman–Crippen LogP) is 3.86. The molecular weight excluding hydrogens is 248 g/mol. The number of rotatable bonds is 7. The quantitative estimate of drug-likeness (QED) is 0.602. The zero-order valence-corrected chi connectivity index (χ0v) is 11.7. The van der Waals surface area contributed by atoms with E-state index in [0.717, 1.165) is 44.1 Å². The third kappa shape index (κ3) is 8.84. The maximum absolute atomic E-state index is 10.3. The van der Waals surface area contributed by atoms with E-state index in [0.29, 0.717) is 0 Å². The molecule has 2 heteroatoms. The van der Waals surface area contributed by atoms with Crippen molar-refractivity contribution < 1.29 is 9.90 Å². The van der Waals surface area contributed by atoms with Gasteiger partial charge >= 0.3 is 5.97 Å². The lowest BCUT2D eigenvalue weighted by Crippen LogP contribution is -1.93. The highest BCUT2D eigenvalue weighted by Crippen LogP contribution is 2.06. The number of hydrogen-bond acceptors (Lipinski definition) is 1. The van der Waals surface area contributed by atoms with Crippen molar-refractivity contribution in [2.45, 2.75) is 44.9 Å². The molecule has 2 nitrogen and oxygen atoms in total. The summed E-state index contributed by atoms with van der Waals surface area (Å²) >= 11 is 0. The van der Waals surface area contributed by atoms with Crippen LogP contribution in [0.25, 0.3) is 0 Å². The van der Waals surface area contributed by atoms with Gasteiger partial charge in [-0.1, -0.05) is 49.3 Å². The van der Waals surface area contributed by atoms with Gasteiger partial charge in [0.05, 0.1) is 0 Å². The maximum atomic E-state index is 10.3. The summed E-state index contributed by atoms with van der Waals surface area (Å²) in [6, 6.07) is 9.81.